The lowest BCUT2D eigenvalue weighted by Gasteiger charge is -2.21. The predicted molar refractivity (Wildman–Crippen MR) is 178 cm³/mol. The molecule has 1 heterocycles. The average Bonchev–Trinajstić information content (AvgIpc) is 3.04. The van der Waals surface area contributed by atoms with E-state index in [1.807, 2.05) is 39.0 Å². The Labute approximate surface area is 272 Å². The van der Waals surface area contributed by atoms with Gasteiger partial charge in [-0.15, -0.1) is 0 Å². The summed E-state index contributed by atoms with van der Waals surface area (Å²) in [5.74, 6) is 0.259. The number of nitrogens with zero attached hydrogens (tertiary/aromatic N) is 2. The van der Waals surface area contributed by atoms with Crippen molar-refractivity contribution < 1.29 is 23.9 Å². The van der Waals surface area contributed by atoms with Crippen LogP contribution in [0.2, 0.25) is 10.0 Å². The molecule has 4 rings (SSSR count). The summed E-state index contributed by atoms with van der Waals surface area (Å²) in [7, 11) is 3.12. The van der Waals surface area contributed by atoms with Crippen LogP contribution in [0.5, 0.6) is 11.5 Å². The molecule has 0 spiro atoms. The number of carbonyl (C=O) groups excluding carboxylic acids is 3. The molecule has 0 saturated heterocycles. The highest BCUT2D eigenvalue weighted by molar-refractivity contribution is 6.38. The summed E-state index contributed by atoms with van der Waals surface area (Å²) < 4.78 is 12.1. The zero-order chi connectivity index (χ0) is 32.7. The smallest absolute Gasteiger partial charge is 0.251 e. The summed E-state index contributed by atoms with van der Waals surface area (Å²) in [5, 5.41) is 6.60. The van der Waals surface area contributed by atoms with Gasteiger partial charge in [-0.1, -0.05) is 41.4 Å². The third-order valence-electron chi connectivity index (χ3n) is 7.21. The number of rotatable bonds is 11. The molecule has 0 aliphatic carbocycles. The van der Waals surface area contributed by atoms with Crippen LogP contribution in [0.25, 0.3) is 17.0 Å². The topological polar surface area (TPSA) is 110 Å². The van der Waals surface area contributed by atoms with Gasteiger partial charge >= 0.3 is 0 Å². The number of hydrogen-bond acceptors (Lipinski definition) is 6. The second kappa shape index (κ2) is 14.9. The van der Waals surface area contributed by atoms with E-state index in [0.717, 1.165) is 28.0 Å². The Kier molecular flexibility index (Phi) is 11.0. The fourth-order valence-corrected chi connectivity index (χ4v) is 5.16. The third kappa shape index (κ3) is 7.74. The number of ether oxygens (including phenoxy) is 2. The lowest BCUT2D eigenvalue weighted by molar-refractivity contribution is -0.122. The number of fused-ring (bicyclic) bond motifs is 1. The number of pyridine rings is 1. The maximum Gasteiger partial charge on any atom is 0.251 e. The number of hydrogen-bond donors (Lipinski definition) is 2. The Morgan fingerprint density at radius 2 is 1.73 bits per heavy atom. The second-order valence-corrected chi connectivity index (χ2v) is 10.9. The van der Waals surface area contributed by atoms with E-state index in [2.05, 4.69) is 10.6 Å². The van der Waals surface area contributed by atoms with Crippen molar-refractivity contribution in [1.29, 1.82) is 0 Å². The summed E-state index contributed by atoms with van der Waals surface area (Å²) in [5.41, 5.74) is 4.60. The number of aromatic nitrogens is 1. The molecule has 234 valence electrons. The van der Waals surface area contributed by atoms with E-state index in [-0.39, 0.29) is 24.1 Å². The molecule has 45 heavy (non-hydrogen) atoms. The van der Waals surface area contributed by atoms with Crippen LogP contribution in [0.15, 0.2) is 60.7 Å². The first-order chi connectivity index (χ1) is 21.5. The van der Waals surface area contributed by atoms with E-state index < -0.39 is 11.8 Å². The number of benzene rings is 3. The molecule has 0 saturated carbocycles. The van der Waals surface area contributed by atoms with Gasteiger partial charge in [-0.2, -0.15) is 0 Å². The average molecular weight is 650 g/mol. The maximum absolute atomic E-state index is 13.0. The Bertz CT molecular complexity index is 1770. The minimum Gasteiger partial charge on any atom is -0.493 e. The number of para-hydroxylation sites is 1. The van der Waals surface area contributed by atoms with Gasteiger partial charge in [0, 0.05) is 53.0 Å². The van der Waals surface area contributed by atoms with Crippen molar-refractivity contribution >= 4 is 63.6 Å². The van der Waals surface area contributed by atoms with Gasteiger partial charge in [-0.3, -0.25) is 14.4 Å². The van der Waals surface area contributed by atoms with Crippen molar-refractivity contribution in [3.63, 3.8) is 0 Å². The Hall–Kier alpha value is -4.60. The van der Waals surface area contributed by atoms with Crippen LogP contribution in [0, 0.1) is 13.8 Å². The zero-order valence-corrected chi connectivity index (χ0v) is 27.2. The van der Waals surface area contributed by atoms with Gasteiger partial charge in [-0.05, 0) is 68.8 Å². The maximum atomic E-state index is 13.0. The summed E-state index contributed by atoms with van der Waals surface area (Å²) in [4.78, 5) is 43.1. The Morgan fingerprint density at radius 3 is 2.42 bits per heavy atom. The van der Waals surface area contributed by atoms with Crippen molar-refractivity contribution in [2.45, 2.75) is 27.4 Å². The first-order valence-corrected chi connectivity index (χ1v) is 15.0. The molecule has 3 aromatic carbocycles. The van der Waals surface area contributed by atoms with E-state index in [1.54, 1.807) is 56.6 Å². The lowest BCUT2D eigenvalue weighted by Crippen LogP contribution is -2.37. The second-order valence-electron chi connectivity index (χ2n) is 10.1. The molecular formula is C34H34Cl2N4O5. The molecule has 3 amide bonds. The molecule has 0 aliphatic heterocycles. The minimum absolute atomic E-state index is 0.0247. The highest BCUT2D eigenvalue weighted by Crippen LogP contribution is 2.37. The summed E-state index contributed by atoms with van der Waals surface area (Å²) >= 11 is 13.3. The predicted octanol–water partition coefficient (Wildman–Crippen LogP) is 6.29. The fourth-order valence-electron chi connectivity index (χ4n) is 4.55. The highest BCUT2D eigenvalue weighted by Gasteiger charge is 2.20. The van der Waals surface area contributed by atoms with Crippen molar-refractivity contribution in [2.75, 3.05) is 32.1 Å². The van der Waals surface area contributed by atoms with E-state index in [9.17, 15) is 14.4 Å². The largest absolute Gasteiger partial charge is 0.493 e. The molecule has 0 atom stereocenters. The number of aryl methyl sites for hydroxylation is 1. The number of halogens is 2. The van der Waals surface area contributed by atoms with Crippen LogP contribution in [0.3, 0.4) is 0 Å². The van der Waals surface area contributed by atoms with Crippen LogP contribution in [0.4, 0.5) is 5.69 Å². The normalized spacial score (nSPS) is 11.0. The van der Waals surface area contributed by atoms with Crippen molar-refractivity contribution in [3.05, 3.63) is 98.7 Å². The van der Waals surface area contributed by atoms with E-state index in [4.69, 9.17) is 37.7 Å². The minimum atomic E-state index is -0.454. The monoisotopic (exact) mass is 648 g/mol. The van der Waals surface area contributed by atoms with Gasteiger partial charge in [0.25, 0.3) is 5.91 Å². The number of nitrogens with one attached hydrogen (secondary N) is 2. The SMILES string of the molecule is CCOc1c(C)c(C)nc2c(OCc3c(Cl)ccc(N(C)C(=O)CNC(=O)C=Cc4ccc(C(=O)NC)cc4)c3Cl)cccc12. The van der Waals surface area contributed by atoms with Gasteiger partial charge in [0.15, 0.2) is 0 Å². The molecule has 0 fully saturated rings. The van der Waals surface area contributed by atoms with E-state index in [0.29, 0.717) is 39.7 Å². The molecule has 1 aromatic heterocycles. The van der Waals surface area contributed by atoms with Gasteiger partial charge < -0.3 is 25.0 Å². The highest BCUT2D eigenvalue weighted by atomic mass is 35.5. The van der Waals surface area contributed by atoms with Crippen LogP contribution in [-0.2, 0) is 16.2 Å². The molecule has 0 bridgehead atoms. The quantitative estimate of drug-likeness (QED) is 0.185. The summed E-state index contributed by atoms with van der Waals surface area (Å²) in [6, 6.07) is 15.6. The van der Waals surface area contributed by atoms with Crippen molar-refractivity contribution in [2.24, 2.45) is 0 Å². The summed E-state index contributed by atoms with van der Waals surface area (Å²) in [6.07, 6.45) is 2.90. The van der Waals surface area contributed by atoms with Crippen LogP contribution in [0.1, 0.15) is 39.7 Å². The Morgan fingerprint density at radius 1 is 1.00 bits per heavy atom. The first-order valence-electron chi connectivity index (χ1n) is 14.2. The fraction of sp³-hybridized carbons (Fsp3) is 0.235. The van der Waals surface area contributed by atoms with E-state index in [1.165, 1.54) is 11.0 Å². The van der Waals surface area contributed by atoms with Gasteiger partial charge in [-0.25, -0.2) is 4.98 Å². The molecule has 2 N–H and O–H groups in total. The van der Waals surface area contributed by atoms with Crippen LogP contribution in [-0.4, -0.2) is 50.0 Å². The van der Waals surface area contributed by atoms with Crippen molar-refractivity contribution in [3.8, 4) is 11.5 Å². The number of amides is 3. The van der Waals surface area contributed by atoms with Gasteiger partial charge in [0.1, 0.15) is 23.6 Å². The lowest BCUT2D eigenvalue weighted by atomic mass is 10.1. The molecule has 9 nitrogen and oxygen atoms in total. The zero-order valence-electron chi connectivity index (χ0n) is 25.7. The Balaban J connectivity index is 1.43. The molecule has 0 unspecified atom stereocenters. The molecule has 0 aliphatic rings. The molecule has 0 radical (unpaired) electrons. The first kappa shape index (κ1) is 33.3. The van der Waals surface area contributed by atoms with E-state index >= 15 is 0 Å². The molecular weight excluding hydrogens is 615 g/mol. The third-order valence-corrected chi connectivity index (χ3v) is 7.99. The number of anilines is 1. The number of likely N-dealkylation sites (N-methyl/N-ethyl adjacent to an activating group) is 1. The molecule has 4 aromatic rings. The summed E-state index contributed by atoms with van der Waals surface area (Å²) in [6.45, 7) is 6.11. The van der Waals surface area contributed by atoms with Crippen LogP contribution < -0.4 is 25.0 Å². The van der Waals surface area contributed by atoms with Crippen molar-refractivity contribution in [1.82, 2.24) is 15.6 Å². The van der Waals surface area contributed by atoms with Gasteiger partial charge in [0.05, 0.1) is 23.9 Å². The molecule has 11 heteroatoms. The van der Waals surface area contributed by atoms with Gasteiger partial charge in [0.2, 0.25) is 11.8 Å². The number of carbonyl (C=O) groups is 3. The standard InChI is InChI=1S/C34H34Cl2N4O5/c1-6-44-33-20(2)21(3)39-32-24(33)8-7-9-28(32)45-19-25-26(35)15-16-27(31(25)36)40(5)30(42)18-38-29(41)17-12-22-10-13-23(14-11-22)34(43)37-4/h7-17H,6,18-19H2,1-5H3,(H,37,43)(H,38,41). The van der Waals surface area contributed by atoms with Crippen LogP contribution >= 0.6 is 23.2 Å².